The van der Waals surface area contributed by atoms with Crippen LogP contribution in [-0.4, -0.2) is 19.4 Å². The molecule has 74 valence electrons. The first-order chi connectivity index (χ1) is 6.83. The topological polar surface area (TPSA) is 38.3 Å². The van der Waals surface area contributed by atoms with Crippen molar-refractivity contribution >= 4 is 12.0 Å². The first-order valence-corrected chi connectivity index (χ1v) is 4.72. The number of fused-ring (bicyclic) bond motifs is 1. The van der Waals surface area contributed by atoms with Crippen LogP contribution >= 0.6 is 0 Å². The molecule has 3 heteroatoms. The van der Waals surface area contributed by atoms with E-state index in [1.54, 1.807) is 7.11 Å². The van der Waals surface area contributed by atoms with E-state index in [9.17, 15) is 4.79 Å². The van der Waals surface area contributed by atoms with Crippen molar-refractivity contribution in [2.24, 2.45) is 0 Å². The number of benzene rings is 1. The molecule has 1 unspecified atom stereocenters. The number of hydrogen-bond acceptors (Lipinski definition) is 3. The zero-order valence-electron chi connectivity index (χ0n) is 8.12. The van der Waals surface area contributed by atoms with E-state index in [2.05, 4.69) is 5.32 Å². The lowest BCUT2D eigenvalue weighted by molar-refractivity contribution is -0.108. The third-order valence-electron chi connectivity index (χ3n) is 2.54. The smallest absolute Gasteiger partial charge is 0.142 e. The van der Waals surface area contributed by atoms with Gasteiger partial charge >= 0.3 is 0 Å². The van der Waals surface area contributed by atoms with Gasteiger partial charge in [0.2, 0.25) is 0 Å². The van der Waals surface area contributed by atoms with Crippen LogP contribution in [0.5, 0.6) is 5.75 Å². The largest absolute Gasteiger partial charge is 0.497 e. The van der Waals surface area contributed by atoms with Gasteiger partial charge < -0.3 is 14.8 Å². The maximum absolute atomic E-state index is 10.6. The highest BCUT2D eigenvalue weighted by Crippen LogP contribution is 2.27. The Hall–Kier alpha value is -1.51. The van der Waals surface area contributed by atoms with E-state index in [0.717, 1.165) is 30.6 Å². The molecule has 0 bridgehead atoms. The van der Waals surface area contributed by atoms with Gasteiger partial charge in [-0.3, -0.25) is 0 Å². The van der Waals surface area contributed by atoms with Gasteiger partial charge in [-0.15, -0.1) is 0 Å². The Morgan fingerprint density at radius 2 is 2.43 bits per heavy atom. The van der Waals surface area contributed by atoms with Gasteiger partial charge in [-0.05, 0) is 36.6 Å². The maximum Gasteiger partial charge on any atom is 0.142 e. The average Bonchev–Trinajstić information content (AvgIpc) is 2.27. The van der Waals surface area contributed by atoms with E-state index < -0.39 is 0 Å². The maximum atomic E-state index is 10.6. The van der Waals surface area contributed by atoms with Gasteiger partial charge in [0.1, 0.15) is 12.0 Å². The van der Waals surface area contributed by atoms with Crippen molar-refractivity contribution in [1.82, 2.24) is 0 Å². The van der Waals surface area contributed by atoms with Crippen molar-refractivity contribution in [3.05, 3.63) is 23.8 Å². The summed E-state index contributed by atoms with van der Waals surface area (Å²) in [4.78, 5) is 10.6. The van der Waals surface area contributed by atoms with Crippen molar-refractivity contribution in [2.75, 3.05) is 12.4 Å². The molecular formula is C11H13NO2. The molecular weight excluding hydrogens is 178 g/mol. The molecule has 1 heterocycles. The summed E-state index contributed by atoms with van der Waals surface area (Å²) < 4.78 is 5.14. The van der Waals surface area contributed by atoms with Crippen LogP contribution in [-0.2, 0) is 11.2 Å². The zero-order valence-corrected chi connectivity index (χ0v) is 8.12. The molecule has 0 aromatic heterocycles. The zero-order chi connectivity index (χ0) is 9.97. The Morgan fingerprint density at radius 3 is 3.14 bits per heavy atom. The summed E-state index contributed by atoms with van der Waals surface area (Å²) in [5.41, 5.74) is 2.27. The number of aldehydes is 1. The SMILES string of the molecule is COc1ccc2c(c1)CCC(C=O)N2. The van der Waals surface area contributed by atoms with Crippen LogP contribution in [0.1, 0.15) is 12.0 Å². The van der Waals surface area contributed by atoms with Gasteiger partial charge in [0, 0.05) is 5.69 Å². The summed E-state index contributed by atoms with van der Waals surface area (Å²) in [6.45, 7) is 0. The predicted octanol–water partition coefficient (Wildman–Crippen LogP) is 1.62. The summed E-state index contributed by atoms with van der Waals surface area (Å²) in [6, 6.07) is 5.85. The number of carbonyl (C=O) groups is 1. The molecule has 1 aromatic carbocycles. The molecule has 1 aliphatic rings. The lowest BCUT2D eigenvalue weighted by atomic mass is 9.99. The molecule has 1 aliphatic heterocycles. The molecule has 1 atom stereocenters. The first-order valence-electron chi connectivity index (χ1n) is 4.72. The molecule has 0 spiro atoms. The van der Waals surface area contributed by atoms with Gasteiger partial charge in [0.25, 0.3) is 0 Å². The fraction of sp³-hybridized carbons (Fsp3) is 0.364. The van der Waals surface area contributed by atoms with E-state index in [4.69, 9.17) is 4.74 Å². The third kappa shape index (κ3) is 1.58. The van der Waals surface area contributed by atoms with Gasteiger partial charge in [0.15, 0.2) is 0 Å². The molecule has 3 nitrogen and oxygen atoms in total. The summed E-state index contributed by atoms with van der Waals surface area (Å²) >= 11 is 0. The number of aryl methyl sites for hydroxylation is 1. The molecule has 0 saturated carbocycles. The molecule has 1 N–H and O–H groups in total. The number of carbonyl (C=O) groups excluding carboxylic acids is 1. The van der Waals surface area contributed by atoms with Crippen LogP contribution in [0.25, 0.3) is 0 Å². The van der Waals surface area contributed by atoms with E-state index in [-0.39, 0.29) is 6.04 Å². The van der Waals surface area contributed by atoms with E-state index in [0.29, 0.717) is 0 Å². The number of hydrogen-bond donors (Lipinski definition) is 1. The average molecular weight is 191 g/mol. The highest BCUT2D eigenvalue weighted by Gasteiger charge is 2.16. The molecule has 0 amide bonds. The number of anilines is 1. The van der Waals surface area contributed by atoms with Gasteiger partial charge in [-0.25, -0.2) is 0 Å². The molecule has 0 saturated heterocycles. The third-order valence-corrected chi connectivity index (χ3v) is 2.54. The molecule has 1 aromatic rings. The quantitative estimate of drug-likeness (QED) is 0.722. The van der Waals surface area contributed by atoms with E-state index in [1.807, 2.05) is 18.2 Å². The van der Waals surface area contributed by atoms with Crippen LogP contribution in [0.4, 0.5) is 5.69 Å². The standard InChI is InChI=1S/C11H13NO2/c1-14-10-4-5-11-8(6-10)2-3-9(7-13)12-11/h4-7,9,12H,2-3H2,1H3. The number of methoxy groups -OCH3 is 1. The number of ether oxygens (including phenoxy) is 1. The predicted molar refractivity (Wildman–Crippen MR) is 54.8 cm³/mol. The number of nitrogens with one attached hydrogen (secondary N) is 1. The van der Waals surface area contributed by atoms with Crippen molar-refractivity contribution in [3.8, 4) is 5.75 Å². The minimum absolute atomic E-state index is 0.0316. The van der Waals surface area contributed by atoms with Crippen molar-refractivity contribution in [3.63, 3.8) is 0 Å². The second-order valence-electron chi connectivity index (χ2n) is 3.45. The van der Waals surface area contributed by atoms with Crippen molar-refractivity contribution in [2.45, 2.75) is 18.9 Å². The monoisotopic (exact) mass is 191 g/mol. The van der Waals surface area contributed by atoms with E-state index >= 15 is 0 Å². The Balaban J connectivity index is 2.27. The lowest BCUT2D eigenvalue weighted by Gasteiger charge is -2.23. The molecule has 0 fully saturated rings. The van der Waals surface area contributed by atoms with Gasteiger partial charge in [0.05, 0.1) is 13.2 Å². The second-order valence-corrected chi connectivity index (χ2v) is 3.45. The van der Waals surface area contributed by atoms with Crippen LogP contribution in [0.3, 0.4) is 0 Å². The second kappa shape index (κ2) is 3.70. The van der Waals surface area contributed by atoms with E-state index in [1.165, 1.54) is 5.56 Å². The molecule has 0 radical (unpaired) electrons. The summed E-state index contributed by atoms with van der Waals surface area (Å²) in [5, 5.41) is 3.17. The Morgan fingerprint density at radius 1 is 1.57 bits per heavy atom. The lowest BCUT2D eigenvalue weighted by Crippen LogP contribution is -2.26. The fourth-order valence-corrected chi connectivity index (χ4v) is 1.73. The highest BCUT2D eigenvalue weighted by atomic mass is 16.5. The Labute approximate surface area is 83.1 Å². The van der Waals surface area contributed by atoms with Crippen LogP contribution in [0.2, 0.25) is 0 Å². The van der Waals surface area contributed by atoms with Crippen LogP contribution in [0, 0.1) is 0 Å². The van der Waals surface area contributed by atoms with Crippen molar-refractivity contribution < 1.29 is 9.53 Å². The fourth-order valence-electron chi connectivity index (χ4n) is 1.73. The highest BCUT2D eigenvalue weighted by molar-refractivity contribution is 5.68. The van der Waals surface area contributed by atoms with Gasteiger partial charge in [-0.1, -0.05) is 0 Å². The minimum atomic E-state index is -0.0316. The summed E-state index contributed by atoms with van der Waals surface area (Å²) in [5.74, 6) is 0.870. The Kier molecular flexibility index (Phi) is 2.39. The molecule has 0 aliphatic carbocycles. The normalized spacial score (nSPS) is 19.4. The van der Waals surface area contributed by atoms with Crippen LogP contribution in [0.15, 0.2) is 18.2 Å². The minimum Gasteiger partial charge on any atom is -0.497 e. The summed E-state index contributed by atoms with van der Waals surface area (Å²) in [6.07, 6.45) is 2.76. The molecule has 14 heavy (non-hydrogen) atoms. The van der Waals surface area contributed by atoms with Crippen LogP contribution < -0.4 is 10.1 Å². The number of rotatable bonds is 2. The Bertz CT molecular complexity index is 349. The summed E-state index contributed by atoms with van der Waals surface area (Å²) in [7, 11) is 1.66. The van der Waals surface area contributed by atoms with Crippen molar-refractivity contribution in [1.29, 1.82) is 0 Å². The molecule has 2 rings (SSSR count). The first kappa shape index (κ1) is 9.06. The van der Waals surface area contributed by atoms with Gasteiger partial charge in [-0.2, -0.15) is 0 Å².